The molecule has 0 radical (unpaired) electrons. The second-order valence-electron chi connectivity index (χ2n) is 6.16. The van der Waals surface area contributed by atoms with E-state index in [0.29, 0.717) is 12.6 Å². The molecule has 6 heteroatoms. The highest BCUT2D eigenvalue weighted by molar-refractivity contribution is 5.47. The van der Waals surface area contributed by atoms with E-state index < -0.39 is 17.6 Å². The Morgan fingerprint density at radius 3 is 2.38 bits per heavy atom. The van der Waals surface area contributed by atoms with Crippen molar-refractivity contribution in [3.05, 3.63) is 29.6 Å². The summed E-state index contributed by atoms with van der Waals surface area (Å²) >= 11 is 0. The number of likely N-dealkylation sites (tertiary alicyclic amines) is 1. The fourth-order valence-electron chi connectivity index (χ4n) is 2.48. The van der Waals surface area contributed by atoms with Gasteiger partial charge in [-0.1, -0.05) is 6.92 Å². The van der Waals surface area contributed by atoms with Crippen molar-refractivity contribution in [2.45, 2.75) is 25.9 Å². The molecule has 0 amide bonds. The molecule has 118 valence electrons. The first-order valence-electron chi connectivity index (χ1n) is 6.99. The summed E-state index contributed by atoms with van der Waals surface area (Å²) in [6.07, 6.45) is -2.54. The Kier molecular flexibility index (Phi) is 4.46. The topological polar surface area (TPSA) is 15.3 Å². The largest absolute Gasteiger partial charge is 0.416 e. The van der Waals surface area contributed by atoms with Gasteiger partial charge in [-0.05, 0) is 56.6 Å². The maximum atomic E-state index is 13.8. The summed E-state index contributed by atoms with van der Waals surface area (Å²) in [4.78, 5) is 2.24. The monoisotopic (exact) mass is 304 g/mol. The second kappa shape index (κ2) is 5.83. The molecular weight excluding hydrogens is 284 g/mol. The smallest absolute Gasteiger partial charge is 0.382 e. The number of hydrogen-bond acceptors (Lipinski definition) is 2. The van der Waals surface area contributed by atoms with E-state index in [9.17, 15) is 17.6 Å². The Balaban J connectivity index is 2.00. The molecular formula is C15H20F4N2. The Hall–Kier alpha value is -1.30. The van der Waals surface area contributed by atoms with Gasteiger partial charge in [-0.3, -0.25) is 0 Å². The first kappa shape index (κ1) is 16.1. The average molecular weight is 304 g/mol. The lowest BCUT2D eigenvalue weighted by Gasteiger charge is -2.38. The molecule has 1 saturated heterocycles. The van der Waals surface area contributed by atoms with Gasteiger partial charge in [0.2, 0.25) is 0 Å². The molecule has 1 aromatic carbocycles. The lowest BCUT2D eigenvalue weighted by molar-refractivity contribution is -0.137. The van der Waals surface area contributed by atoms with Gasteiger partial charge < -0.3 is 10.2 Å². The molecule has 2 nitrogen and oxygen atoms in total. The fourth-order valence-corrected chi connectivity index (χ4v) is 2.48. The van der Waals surface area contributed by atoms with Crippen LogP contribution in [0.2, 0.25) is 0 Å². The summed E-state index contributed by atoms with van der Waals surface area (Å²) < 4.78 is 51.2. The Labute approximate surface area is 122 Å². The molecule has 1 N–H and O–H groups in total. The third-order valence-corrected chi connectivity index (χ3v) is 4.20. The van der Waals surface area contributed by atoms with Crippen LogP contribution in [0.1, 0.15) is 25.3 Å². The van der Waals surface area contributed by atoms with Gasteiger partial charge in [0, 0.05) is 6.54 Å². The van der Waals surface area contributed by atoms with Crippen LogP contribution in [0.5, 0.6) is 0 Å². The van der Waals surface area contributed by atoms with Crippen LogP contribution in [-0.4, -0.2) is 31.6 Å². The van der Waals surface area contributed by atoms with Crippen LogP contribution in [0.15, 0.2) is 18.2 Å². The number of nitrogens with zero attached hydrogens (tertiary/aromatic N) is 1. The molecule has 0 unspecified atom stereocenters. The van der Waals surface area contributed by atoms with Gasteiger partial charge in [0.1, 0.15) is 5.82 Å². The van der Waals surface area contributed by atoms with E-state index in [1.165, 1.54) is 0 Å². The zero-order valence-corrected chi connectivity index (χ0v) is 12.2. The number of benzene rings is 1. The zero-order valence-electron chi connectivity index (χ0n) is 12.2. The maximum Gasteiger partial charge on any atom is 0.416 e. The van der Waals surface area contributed by atoms with Crippen molar-refractivity contribution in [1.29, 1.82) is 0 Å². The van der Waals surface area contributed by atoms with E-state index in [1.54, 1.807) is 0 Å². The molecule has 1 fully saturated rings. The van der Waals surface area contributed by atoms with E-state index in [1.807, 2.05) is 0 Å². The van der Waals surface area contributed by atoms with Crippen LogP contribution in [-0.2, 0) is 6.18 Å². The van der Waals surface area contributed by atoms with Crippen LogP contribution in [0.4, 0.5) is 23.2 Å². The van der Waals surface area contributed by atoms with Crippen molar-refractivity contribution in [3.8, 4) is 0 Å². The SMILES string of the molecule is CN1CCC(C)(CNc2ccc(C(F)(F)F)cc2F)CC1. The van der Waals surface area contributed by atoms with E-state index in [4.69, 9.17) is 0 Å². The molecule has 0 bridgehead atoms. The number of rotatable bonds is 3. The van der Waals surface area contributed by atoms with Crippen molar-refractivity contribution in [1.82, 2.24) is 4.90 Å². The van der Waals surface area contributed by atoms with Crippen LogP contribution in [0.3, 0.4) is 0 Å². The lowest BCUT2D eigenvalue weighted by atomic mass is 9.80. The summed E-state index contributed by atoms with van der Waals surface area (Å²) in [5, 5.41) is 2.96. The highest BCUT2D eigenvalue weighted by Gasteiger charge is 2.32. The molecule has 1 aromatic rings. The van der Waals surface area contributed by atoms with Crippen molar-refractivity contribution in [2.24, 2.45) is 5.41 Å². The quantitative estimate of drug-likeness (QED) is 0.850. The van der Waals surface area contributed by atoms with Gasteiger partial charge >= 0.3 is 6.18 Å². The normalized spacial score (nSPS) is 19.5. The Morgan fingerprint density at radius 1 is 1.24 bits per heavy atom. The first-order valence-corrected chi connectivity index (χ1v) is 6.99. The molecule has 0 spiro atoms. The Morgan fingerprint density at radius 2 is 1.86 bits per heavy atom. The number of piperidine rings is 1. The van der Waals surface area contributed by atoms with Crippen LogP contribution in [0, 0.1) is 11.2 Å². The Bertz CT molecular complexity index is 491. The number of alkyl halides is 3. The average Bonchev–Trinajstić information content (AvgIpc) is 2.40. The lowest BCUT2D eigenvalue weighted by Crippen LogP contribution is -2.40. The van der Waals surface area contributed by atoms with Gasteiger partial charge in [-0.2, -0.15) is 13.2 Å². The maximum absolute atomic E-state index is 13.8. The zero-order chi connectivity index (χ0) is 15.7. The predicted octanol–water partition coefficient (Wildman–Crippen LogP) is 3.99. The fraction of sp³-hybridized carbons (Fsp3) is 0.600. The molecule has 21 heavy (non-hydrogen) atoms. The van der Waals surface area contributed by atoms with Crippen molar-refractivity contribution in [2.75, 3.05) is 32.0 Å². The highest BCUT2D eigenvalue weighted by Crippen LogP contribution is 2.33. The molecule has 0 aliphatic carbocycles. The predicted molar refractivity (Wildman–Crippen MR) is 74.7 cm³/mol. The molecule has 1 heterocycles. The van der Waals surface area contributed by atoms with E-state index in [2.05, 4.69) is 24.2 Å². The molecule has 2 rings (SSSR count). The molecule has 1 aliphatic heterocycles. The third-order valence-electron chi connectivity index (χ3n) is 4.20. The number of hydrogen-bond donors (Lipinski definition) is 1. The first-order chi connectivity index (χ1) is 9.70. The summed E-state index contributed by atoms with van der Waals surface area (Å²) in [7, 11) is 2.06. The van der Waals surface area contributed by atoms with Gasteiger partial charge in [0.25, 0.3) is 0 Å². The summed E-state index contributed by atoms with van der Waals surface area (Å²) in [5.41, 5.74) is -0.791. The molecule has 0 aromatic heterocycles. The van der Waals surface area contributed by atoms with Gasteiger partial charge in [-0.25, -0.2) is 4.39 Å². The standard InChI is InChI=1S/C15H20F4N2/c1-14(5-7-21(2)8-6-14)10-20-13-4-3-11(9-12(13)16)15(17,18)19/h3-4,9,20H,5-8,10H2,1-2H3. The third kappa shape index (κ3) is 4.09. The van der Waals surface area contributed by atoms with Crippen molar-refractivity contribution in [3.63, 3.8) is 0 Å². The van der Waals surface area contributed by atoms with Crippen molar-refractivity contribution < 1.29 is 17.6 Å². The minimum absolute atomic E-state index is 0.0433. The van der Waals surface area contributed by atoms with E-state index in [0.717, 1.165) is 38.1 Å². The number of nitrogens with one attached hydrogen (secondary N) is 1. The molecule has 1 aliphatic rings. The van der Waals surface area contributed by atoms with Crippen LogP contribution < -0.4 is 5.32 Å². The summed E-state index contributed by atoms with van der Waals surface area (Å²) in [6.45, 7) is 4.64. The van der Waals surface area contributed by atoms with Gasteiger partial charge in [0.15, 0.2) is 0 Å². The number of halogens is 4. The molecule has 0 atom stereocenters. The van der Waals surface area contributed by atoms with Gasteiger partial charge in [0.05, 0.1) is 11.3 Å². The summed E-state index contributed by atoms with van der Waals surface area (Å²) in [6, 6.07) is 2.61. The minimum Gasteiger partial charge on any atom is -0.382 e. The van der Waals surface area contributed by atoms with Crippen LogP contribution >= 0.6 is 0 Å². The minimum atomic E-state index is -4.51. The van der Waals surface area contributed by atoms with Crippen molar-refractivity contribution >= 4 is 5.69 Å². The van der Waals surface area contributed by atoms with Gasteiger partial charge in [-0.15, -0.1) is 0 Å². The van der Waals surface area contributed by atoms with E-state index >= 15 is 0 Å². The molecule has 0 saturated carbocycles. The summed E-state index contributed by atoms with van der Waals surface area (Å²) in [5.74, 6) is -0.860. The highest BCUT2D eigenvalue weighted by atomic mass is 19.4. The second-order valence-corrected chi connectivity index (χ2v) is 6.16. The van der Waals surface area contributed by atoms with E-state index in [-0.39, 0.29) is 11.1 Å². The number of anilines is 1. The van der Waals surface area contributed by atoms with Crippen LogP contribution in [0.25, 0.3) is 0 Å².